The number of allylic oxidation sites excluding steroid dienone is 4. The highest BCUT2D eigenvalue weighted by Crippen LogP contribution is 2.24. The second kappa shape index (κ2) is 12.9. The topological polar surface area (TPSA) is 21.3 Å². The summed E-state index contributed by atoms with van der Waals surface area (Å²) in [6, 6.07) is 15.4. The Morgan fingerprint density at radius 2 is 1.83 bits per heavy atom. The Morgan fingerprint density at radius 3 is 2.53 bits per heavy atom. The van der Waals surface area contributed by atoms with E-state index >= 15 is 0 Å². The number of hydrogen-bond acceptors (Lipinski definition) is 2. The van der Waals surface area contributed by atoms with Crippen LogP contribution in [0, 0.1) is 5.92 Å². The molecule has 0 fully saturated rings. The zero-order chi connectivity index (χ0) is 21.8. The largest absolute Gasteiger partial charge is 0.382 e. The van der Waals surface area contributed by atoms with Gasteiger partial charge in [-0.15, -0.1) is 6.58 Å². The van der Waals surface area contributed by atoms with Gasteiger partial charge in [0.1, 0.15) is 0 Å². The fraction of sp³-hybridized carbons (Fsp3) is 0.357. The molecule has 0 heterocycles. The van der Waals surface area contributed by atoms with Crippen molar-refractivity contribution in [2.24, 2.45) is 5.92 Å². The molecule has 2 rings (SSSR count). The van der Waals surface area contributed by atoms with Crippen molar-refractivity contribution >= 4 is 10.8 Å². The van der Waals surface area contributed by atoms with Gasteiger partial charge in [0.2, 0.25) is 0 Å². The van der Waals surface area contributed by atoms with E-state index in [0.717, 1.165) is 31.4 Å². The fourth-order valence-corrected chi connectivity index (χ4v) is 3.64. The van der Waals surface area contributed by atoms with Crippen molar-refractivity contribution in [3.63, 3.8) is 0 Å². The average Bonchev–Trinajstić information content (AvgIpc) is 2.77. The zero-order valence-electron chi connectivity index (χ0n) is 18.8. The van der Waals surface area contributed by atoms with Crippen molar-refractivity contribution in [1.82, 2.24) is 5.32 Å². The Labute approximate surface area is 183 Å². The molecule has 2 aromatic carbocycles. The molecule has 2 aromatic rings. The molecule has 0 aliphatic carbocycles. The van der Waals surface area contributed by atoms with Gasteiger partial charge in [-0.2, -0.15) is 0 Å². The number of fused-ring (bicyclic) bond motifs is 1. The van der Waals surface area contributed by atoms with E-state index in [2.05, 4.69) is 99.1 Å². The zero-order valence-corrected chi connectivity index (χ0v) is 18.8. The molecule has 30 heavy (non-hydrogen) atoms. The lowest BCUT2D eigenvalue weighted by atomic mass is 9.95. The minimum Gasteiger partial charge on any atom is -0.382 e. The van der Waals surface area contributed by atoms with Gasteiger partial charge >= 0.3 is 0 Å². The monoisotopic (exact) mass is 403 g/mol. The number of nitrogens with one attached hydrogen (secondary N) is 1. The second-order valence-electron chi connectivity index (χ2n) is 7.76. The smallest absolute Gasteiger partial charge is 0.0933 e. The molecule has 0 aliphatic heterocycles. The molecule has 0 bridgehead atoms. The third kappa shape index (κ3) is 7.35. The van der Waals surface area contributed by atoms with Crippen LogP contribution in [0.25, 0.3) is 10.8 Å². The normalized spacial score (nSPS) is 14.8. The Balaban J connectivity index is 1.88. The maximum absolute atomic E-state index is 5.47. The van der Waals surface area contributed by atoms with Gasteiger partial charge in [0.15, 0.2) is 0 Å². The highest BCUT2D eigenvalue weighted by Gasteiger charge is 2.13. The van der Waals surface area contributed by atoms with Gasteiger partial charge < -0.3 is 10.1 Å². The van der Waals surface area contributed by atoms with Crippen LogP contribution >= 0.6 is 0 Å². The van der Waals surface area contributed by atoms with Crippen molar-refractivity contribution < 1.29 is 4.74 Å². The minimum absolute atomic E-state index is 0.0271. The summed E-state index contributed by atoms with van der Waals surface area (Å²) < 4.78 is 5.47. The van der Waals surface area contributed by atoms with E-state index in [-0.39, 0.29) is 12.1 Å². The van der Waals surface area contributed by atoms with Crippen LogP contribution in [0.1, 0.15) is 51.1 Å². The van der Waals surface area contributed by atoms with Crippen molar-refractivity contribution in [1.29, 1.82) is 0 Å². The molecule has 3 atom stereocenters. The molecule has 0 aromatic heterocycles. The lowest BCUT2D eigenvalue weighted by Gasteiger charge is -2.24. The predicted molar refractivity (Wildman–Crippen MR) is 132 cm³/mol. The standard InChI is InChI=1S/C28H37NO/c1-6-8-9-17-28(30-5)18-13-12-14-24(7-2)22(3)29-23(4)26-20-19-25-15-10-11-16-27(25)21-26/h6,9-11,13,15-21,23-24,28-29H,1,3,7-8,12,14H2,2,4-5H3/b17-9?,18-13-. The Hall–Kier alpha value is -2.58. The highest BCUT2D eigenvalue weighted by molar-refractivity contribution is 5.83. The molecule has 0 spiro atoms. The summed E-state index contributed by atoms with van der Waals surface area (Å²) in [5.41, 5.74) is 2.42. The molecule has 3 unspecified atom stereocenters. The van der Waals surface area contributed by atoms with Gasteiger partial charge in [0, 0.05) is 18.8 Å². The van der Waals surface area contributed by atoms with Crippen LogP contribution in [-0.2, 0) is 4.74 Å². The third-order valence-corrected chi connectivity index (χ3v) is 5.57. The molecule has 2 nitrogen and oxygen atoms in total. The maximum Gasteiger partial charge on any atom is 0.0933 e. The molecular weight excluding hydrogens is 366 g/mol. The molecular formula is C28H37NO. The maximum atomic E-state index is 5.47. The van der Waals surface area contributed by atoms with Gasteiger partial charge in [-0.1, -0.05) is 80.3 Å². The van der Waals surface area contributed by atoms with Crippen molar-refractivity contribution in [3.05, 3.63) is 97.3 Å². The molecule has 0 saturated heterocycles. The first-order chi connectivity index (χ1) is 14.6. The first-order valence-electron chi connectivity index (χ1n) is 11.0. The Bertz CT molecular complexity index is 864. The average molecular weight is 404 g/mol. The van der Waals surface area contributed by atoms with Crippen LogP contribution < -0.4 is 5.32 Å². The number of hydrogen-bond donors (Lipinski definition) is 1. The van der Waals surface area contributed by atoms with Crippen LogP contribution in [0.15, 0.2) is 91.7 Å². The van der Waals surface area contributed by atoms with Crippen molar-refractivity contribution in [2.45, 2.75) is 51.7 Å². The summed E-state index contributed by atoms with van der Waals surface area (Å²) in [7, 11) is 1.74. The summed E-state index contributed by atoms with van der Waals surface area (Å²) in [6.45, 7) is 12.5. The molecule has 2 heteroatoms. The van der Waals surface area contributed by atoms with E-state index < -0.39 is 0 Å². The molecule has 0 amide bonds. The third-order valence-electron chi connectivity index (χ3n) is 5.57. The number of rotatable bonds is 13. The van der Waals surface area contributed by atoms with E-state index in [4.69, 9.17) is 4.74 Å². The molecule has 0 aliphatic rings. The van der Waals surface area contributed by atoms with Crippen LogP contribution in [0.4, 0.5) is 0 Å². The SMILES string of the molecule is C=CCC=CC(/C=C\CCC(CC)C(=C)NC(C)c1ccc2ccccc2c1)OC. The molecule has 0 radical (unpaired) electrons. The van der Waals surface area contributed by atoms with E-state index in [9.17, 15) is 0 Å². The van der Waals surface area contributed by atoms with E-state index in [1.54, 1.807) is 7.11 Å². The molecule has 1 N–H and O–H groups in total. The van der Waals surface area contributed by atoms with Gasteiger partial charge in [-0.05, 0) is 60.9 Å². The highest BCUT2D eigenvalue weighted by atomic mass is 16.5. The Kier molecular flexibility index (Phi) is 10.2. The predicted octanol–water partition coefficient (Wildman–Crippen LogP) is 7.51. The van der Waals surface area contributed by atoms with Crippen LogP contribution in [0.3, 0.4) is 0 Å². The Morgan fingerprint density at radius 1 is 1.10 bits per heavy atom. The van der Waals surface area contributed by atoms with Crippen molar-refractivity contribution in [2.75, 3.05) is 7.11 Å². The van der Waals surface area contributed by atoms with E-state index in [0.29, 0.717) is 5.92 Å². The number of methoxy groups -OCH3 is 1. The van der Waals surface area contributed by atoms with E-state index in [1.165, 1.54) is 16.3 Å². The summed E-state index contributed by atoms with van der Waals surface area (Å²) in [5.74, 6) is 0.454. The van der Waals surface area contributed by atoms with E-state index in [1.807, 2.05) is 6.08 Å². The van der Waals surface area contributed by atoms with Gasteiger partial charge in [0.05, 0.1) is 6.10 Å². The summed E-state index contributed by atoms with van der Waals surface area (Å²) in [4.78, 5) is 0. The lowest BCUT2D eigenvalue weighted by Crippen LogP contribution is -2.22. The molecule has 160 valence electrons. The van der Waals surface area contributed by atoms with Gasteiger partial charge in [-0.3, -0.25) is 0 Å². The molecule has 0 saturated carbocycles. The van der Waals surface area contributed by atoms with Gasteiger partial charge in [0.25, 0.3) is 0 Å². The quantitative estimate of drug-likeness (QED) is 0.349. The first kappa shape index (κ1) is 23.7. The lowest BCUT2D eigenvalue weighted by molar-refractivity contribution is 0.177. The minimum atomic E-state index is 0.0271. The second-order valence-corrected chi connectivity index (χ2v) is 7.76. The summed E-state index contributed by atoms with van der Waals surface area (Å²) in [6.07, 6.45) is 14.4. The fourth-order valence-electron chi connectivity index (χ4n) is 3.64. The van der Waals surface area contributed by atoms with Crippen LogP contribution in [0.5, 0.6) is 0 Å². The summed E-state index contributed by atoms with van der Waals surface area (Å²) >= 11 is 0. The number of benzene rings is 2. The summed E-state index contributed by atoms with van der Waals surface area (Å²) in [5, 5.41) is 6.20. The van der Waals surface area contributed by atoms with Crippen molar-refractivity contribution in [3.8, 4) is 0 Å². The van der Waals surface area contributed by atoms with Gasteiger partial charge in [-0.25, -0.2) is 0 Å². The van der Waals surface area contributed by atoms with Crippen LogP contribution in [0.2, 0.25) is 0 Å². The number of ether oxygens (including phenoxy) is 1. The first-order valence-corrected chi connectivity index (χ1v) is 11.0. The van der Waals surface area contributed by atoms with Crippen LogP contribution in [-0.4, -0.2) is 13.2 Å².